The Kier molecular flexibility index (Phi) is 6.05. The maximum absolute atomic E-state index is 12.3. The summed E-state index contributed by atoms with van der Waals surface area (Å²) in [7, 11) is 0. The number of ether oxygens (including phenoxy) is 1. The molecule has 1 saturated carbocycles. The summed E-state index contributed by atoms with van der Waals surface area (Å²) in [6.07, 6.45) is 5.99. The minimum absolute atomic E-state index is 0.153. The van der Waals surface area contributed by atoms with Crippen molar-refractivity contribution >= 4 is 17.4 Å². The molecular weight excluding hydrogens is 332 g/mol. The number of nitrogens with one attached hydrogen (secondary N) is 1. The van der Waals surface area contributed by atoms with Crippen molar-refractivity contribution in [2.24, 2.45) is 11.8 Å². The van der Waals surface area contributed by atoms with Crippen LogP contribution < -0.4 is 5.32 Å². The van der Waals surface area contributed by atoms with E-state index < -0.39 is 5.60 Å². The number of nitrogens with zero attached hydrogens (tertiary/aromatic N) is 1. The fourth-order valence-electron chi connectivity index (χ4n) is 3.63. The lowest BCUT2D eigenvalue weighted by molar-refractivity contribution is 0.0161. The Bertz CT molecular complexity index is 549. The predicted molar refractivity (Wildman–Crippen MR) is 103 cm³/mol. The summed E-state index contributed by atoms with van der Waals surface area (Å²) in [5.74, 6) is 1.40. The van der Waals surface area contributed by atoms with E-state index in [4.69, 9.17) is 4.74 Å². The first-order valence-corrected chi connectivity index (χ1v) is 10.5. The quantitative estimate of drug-likeness (QED) is 0.786. The van der Waals surface area contributed by atoms with Crippen molar-refractivity contribution in [1.82, 2.24) is 10.2 Å². The van der Waals surface area contributed by atoms with E-state index in [9.17, 15) is 4.79 Å². The van der Waals surface area contributed by atoms with Crippen molar-refractivity contribution < 1.29 is 9.53 Å². The average Bonchev–Trinajstić information content (AvgIpc) is 3.24. The van der Waals surface area contributed by atoms with E-state index in [1.165, 1.54) is 24.1 Å². The van der Waals surface area contributed by atoms with Gasteiger partial charge >= 0.3 is 6.09 Å². The van der Waals surface area contributed by atoms with Crippen molar-refractivity contribution in [3.8, 4) is 0 Å². The maximum atomic E-state index is 12.3. The highest BCUT2D eigenvalue weighted by Crippen LogP contribution is 2.42. The van der Waals surface area contributed by atoms with E-state index in [1.54, 1.807) is 0 Å². The molecule has 2 fully saturated rings. The van der Waals surface area contributed by atoms with Gasteiger partial charge in [0, 0.05) is 24.0 Å². The molecule has 1 aliphatic carbocycles. The van der Waals surface area contributed by atoms with Crippen LogP contribution in [0.1, 0.15) is 63.8 Å². The van der Waals surface area contributed by atoms with Gasteiger partial charge in [-0.25, -0.2) is 4.79 Å². The average molecular weight is 365 g/mol. The van der Waals surface area contributed by atoms with Crippen LogP contribution in [0.4, 0.5) is 4.79 Å². The first kappa shape index (κ1) is 18.7. The smallest absolute Gasteiger partial charge is 0.410 e. The molecule has 0 radical (unpaired) electrons. The SMILES string of the molecule is CC(C)(C)OC(=O)N1CCCC(CCNC(c2cccs2)C2CC2)C1. The van der Waals surface area contributed by atoms with Crippen molar-refractivity contribution in [3.63, 3.8) is 0 Å². The van der Waals surface area contributed by atoms with Gasteiger partial charge in [0.2, 0.25) is 0 Å². The fraction of sp³-hybridized carbons (Fsp3) is 0.750. The summed E-state index contributed by atoms with van der Waals surface area (Å²) in [4.78, 5) is 15.7. The lowest BCUT2D eigenvalue weighted by Gasteiger charge is -2.34. The number of carbonyl (C=O) groups is 1. The zero-order chi connectivity index (χ0) is 17.9. The van der Waals surface area contributed by atoms with Crippen LogP contribution in [0.15, 0.2) is 17.5 Å². The molecule has 140 valence electrons. The molecule has 3 rings (SSSR count). The number of amides is 1. The van der Waals surface area contributed by atoms with Gasteiger partial charge in [0.1, 0.15) is 5.60 Å². The molecule has 0 spiro atoms. The standard InChI is InChI=1S/C20H32N2O2S/c1-20(2,3)24-19(23)22-12-4-6-15(14-22)10-11-21-18(16-8-9-16)17-7-5-13-25-17/h5,7,13,15-16,18,21H,4,6,8-12,14H2,1-3H3. The minimum Gasteiger partial charge on any atom is -0.444 e. The molecule has 4 nitrogen and oxygen atoms in total. The number of rotatable bonds is 6. The molecule has 0 bridgehead atoms. The van der Waals surface area contributed by atoms with Crippen molar-refractivity contribution in [1.29, 1.82) is 0 Å². The lowest BCUT2D eigenvalue weighted by Crippen LogP contribution is -2.43. The highest BCUT2D eigenvalue weighted by Gasteiger charge is 2.33. The number of likely N-dealkylation sites (tertiary alicyclic amines) is 1. The molecule has 2 aliphatic rings. The monoisotopic (exact) mass is 364 g/mol. The molecule has 1 amide bonds. The zero-order valence-corrected chi connectivity index (χ0v) is 16.6. The highest BCUT2D eigenvalue weighted by molar-refractivity contribution is 7.10. The molecule has 1 aromatic rings. The normalized spacial score (nSPS) is 22.7. The second-order valence-corrected chi connectivity index (χ2v) is 9.49. The Hall–Kier alpha value is -1.07. The van der Waals surface area contributed by atoms with E-state index in [2.05, 4.69) is 22.8 Å². The molecule has 1 aromatic heterocycles. The third-order valence-corrected chi connectivity index (χ3v) is 5.99. The second-order valence-electron chi connectivity index (χ2n) is 8.51. The van der Waals surface area contributed by atoms with Crippen LogP contribution in [0, 0.1) is 11.8 Å². The number of piperidine rings is 1. The van der Waals surface area contributed by atoms with Crippen LogP contribution in [0.3, 0.4) is 0 Å². The molecule has 2 heterocycles. The minimum atomic E-state index is -0.413. The van der Waals surface area contributed by atoms with Gasteiger partial charge in [-0.2, -0.15) is 0 Å². The molecule has 25 heavy (non-hydrogen) atoms. The molecule has 1 saturated heterocycles. The number of hydrogen-bond donors (Lipinski definition) is 1. The highest BCUT2D eigenvalue weighted by atomic mass is 32.1. The van der Waals surface area contributed by atoms with Crippen LogP contribution in [-0.4, -0.2) is 36.2 Å². The fourth-order valence-corrected chi connectivity index (χ4v) is 4.53. The summed E-state index contributed by atoms with van der Waals surface area (Å²) >= 11 is 1.86. The Morgan fingerprint density at radius 3 is 2.84 bits per heavy atom. The summed E-state index contributed by atoms with van der Waals surface area (Å²) in [6, 6.07) is 4.94. The van der Waals surface area contributed by atoms with E-state index >= 15 is 0 Å². The molecule has 5 heteroatoms. The van der Waals surface area contributed by atoms with Gasteiger partial charge in [0.25, 0.3) is 0 Å². The largest absolute Gasteiger partial charge is 0.444 e. The van der Waals surface area contributed by atoms with Gasteiger partial charge in [-0.05, 0) is 82.7 Å². The van der Waals surface area contributed by atoms with E-state index in [0.717, 1.165) is 38.4 Å². The van der Waals surface area contributed by atoms with Gasteiger partial charge in [0.15, 0.2) is 0 Å². The number of hydrogen-bond acceptors (Lipinski definition) is 4. The van der Waals surface area contributed by atoms with Crippen LogP contribution in [0.2, 0.25) is 0 Å². The van der Waals surface area contributed by atoms with Gasteiger partial charge in [-0.1, -0.05) is 6.07 Å². The van der Waals surface area contributed by atoms with Gasteiger partial charge < -0.3 is 15.0 Å². The van der Waals surface area contributed by atoms with Crippen molar-refractivity contribution in [2.45, 2.75) is 64.5 Å². The zero-order valence-electron chi connectivity index (χ0n) is 15.8. The van der Waals surface area contributed by atoms with Gasteiger partial charge in [-0.3, -0.25) is 0 Å². The molecule has 1 aliphatic heterocycles. The van der Waals surface area contributed by atoms with Gasteiger partial charge in [0.05, 0.1) is 0 Å². The maximum Gasteiger partial charge on any atom is 0.410 e. The predicted octanol–water partition coefficient (Wildman–Crippen LogP) is 4.83. The van der Waals surface area contributed by atoms with Crippen LogP contribution in [0.25, 0.3) is 0 Å². The van der Waals surface area contributed by atoms with Crippen molar-refractivity contribution in [3.05, 3.63) is 22.4 Å². The Labute approximate surface area is 155 Å². The summed E-state index contributed by atoms with van der Waals surface area (Å²) in [6.45, 7) is 8.49. The van der Waals surface area contributed by atoms with Crippen molar-refractivity contribution in [2.75, 3.05) is 19.6 Å². The summed E-state index contributed by atoms with van der Waals surface area (Å²) in [5.41, 5.74) is -0.413. The Morgan fingerprint density at radius 1 is 1.40 bits per heavy atom. The summed E-state index contributed by atoms with van der Waals surface area (Å²) < 4.78 is 5.53. The first-order chi connectivity index (χ1) is 11.9. The topological polar surface area (TPSA) is 41.6 Å². The lowest BCUT2D eigenvalue weighted by atomic mass is 9.95. The third kappa shape index (κ3) is 5.71. The molecule has 0 aromatic carbocycles. The summed E-state index contributed by atoms with van der Waals surface area (Å²) in [5, 5.41) is 5.96. The van der Waals surface area contributed by atoms with Crippen LogP contribution in [0.5, 0.6) is 0 Å². The molecular formula is C20H32N2O2S. The van der Waals surface area contributed by atoms with Gasteiger partial charge in [-0.15, -0.1) is 11.3 Å². The molecule has 2 atom stereocenters. The first-order valence-electron chi connectivity index (χ1n) is 9.67. The van der Waals surface area contributed by atoms with Crippen LogP contribution >= 0.6 is 11.3 Å². The number of thiophene rings is 1. The van der Waals surface area contributed by atoms with E-state index in [1.807, 2.05) is 37.0 Å². The van der Waals surface area contributed by atoms with E-state index in [-0.39, 0.29) is 6.09 Å². The Morgan fingerprint density at radius 2 is 2.20 bits per heavy atom. The molecule has 2 unspecified atom stereocenters. The van der Waals surface area contributed by atoms with E-state index in [0.29, 0.717) is 12.0 Å². The number of carbonyl (C=O) groups excluding carboxylic acids is 1. The molecule has 1 N–H and O–H groups in total. The Balaban J connectivity index is 1.44. The second kappa shape index (κ2) is 8.09. The third-order valence-electron chi connectivity index (χ3n) is 5.03. The van der Waals surface area contributed by atoms with Crippen LogP contribution in [-0.2, 0) is 4.74 Å².